The van der Waals surface area contributed by atoms with Crippen molar-refractivity contribution < 1.29 is 62.9 Å². The number of hydrogen-bond acceptors (Lipinski definition) is 16. The van der Waals surface area contributed by atoms with Crippen LogP contribution in [0.25, 0.3) is 67.6 Å². The lowest BCUT2D eigenvalue weighted by molar-refractivity contribution is -0.159. The van der Waals surface area contributed by atoms with Crippen molar-refractivity contribution in [3.63, 3.8) is 0 Å². The Bertz CT molecular complexity index is 5090. The molecule has 8 aromatic heterocycles. The molecule has 0 spiro atoms. The fourth-order valence-corrected chi connectivity index (χ4v) is 8.95. The Morgan fingerprint density at radius 3 is 1.03 bits per heavy atom. The maximum atomic E-state index is 14.4. The quantitative estimate of drug-likeness (QED) is 0.104. The molecule has 0 bridgehead atoms. The maximum Gasteiger partial charge on any atom is 0.453 e. The number of fused-ring (bicyclic) bond motifs is 4. The molecule has 0 aliphatic carbocycles. The van der Waals surface area contributed by atoms with Gasteiger partial charge in [-0.3, -0.25) is 0 Å². The fraction of sp³-hybridized carbons (Fsp3) is 0.0606. The molecule has 0 amide bonds. The second-order valence-corrected chi connectivity index (χ2v) is 20.2. The summed E-state index contributed by atoms with van der Waals surface area (Å²) >= 11 is 0. The summed E-state index contributed by atoms with van der Waals surface area (Å²) in [4.78, 5) is 0. The molecule has 96 heavy (non-hydrogen) atoms. The summed E-state index contributed by atoms with van der Waals surface area (Å²) in [6.45, 7) is 0.697. The van der Waals surface area contributed by atoms with Gasteiger partial charge >= 0.3 is 18.5 Å². The first-order chi connectivity index (χ1) is 46.2. The molecule has 0 aliphatic heterocycles. The first-order valence-electron chi connectivity index (χ1n) is 28.2. The average molecular weight is 1310 g/mol. The van der Waals surface area contributed by atoms with Crippen molar-refractivity contribution in [2.45, 2.75) is 25.4 Å². The van der Waals surface area contributed by atoms with Gasteiger partial charge in [0, 0.05) is 29.2 Å². The number of hydrogen-bond donors (Lipinski definition) is 0. The zero-order chi connectivity index (χ0) is 67.0. The molecule has 0 atom stereocenters. The number of para-hydroxylation sites is 3. The predicted molar refractivity (Wildman–Crippen MR) is 326 cm³/mol. The van der Waals surface area contributed by atoms with E-state index >= 15 is 0 Å². The van der Waals surface area contributed by atoms with Gasteiger partial charge < -0.3 is 18.9 Å². The predicted octanol–water partition coefficient (Wildman–Crippen LogP) is 15.8. The van der Waals surface area contributed by atoms with Crippen LogP contribution in [0.4, 0.5) is 43.9 Å². The van der Waals surface area contributed by atoms with Crippen molar-refractivity contribution in [3.8, 4) is 85.3 Å². The summed E-state index contributed by atoms with van der Waals surface area (Å²) < 4.78 is 158. The van der Waals surface area contributed by atoms with Gasteiger partial charge in [-0.1, -0.05) is 54.6 Å². The van der Waals surface area contributed by atoms with Crippen molar-refractivity contribution >= 4 is 22.6 Å². The molecule has 7 aromatic carbocycles. The van der Waals surface area contributed by atoms with Crippen molar-refractivity contribution in [2.75, 3.05) is 0 Å². The van der Waals surface area contributed by atoms with Gasteiger partial charge in [0.1, 0.15) is 47.2 Å². The van der Waals surface area contributed by atoms with Crippen LogP contribution in [0.5, 0.6) is 40.2 Å². The molecule has 15 rings (SSSR count). The van der Waals surface area contributed by atoms with Gasteiger partial charge in [-0.2, -0.15) is 73.6 Å². The minimum Gasteiger partial charge on any atom is -0.457 e. The molecular weight excluding hydrogens is 1270 g/mol. The number of rotatable bonds is 12. The lowest BCUT2D eigenvalue weighted by Crippen LogP contribution is -2.18. The maximum absolute atomic E-state index is 14.4. The second kappa shape index (κ2) is 27.2. The molecule has 30 heteroatoms. The van der Waals surface area contributed by atoms with Gasteiger partial charge in [-0.15, -0.1) is 40.8 Å². The van der Waals surface area contributed by atoms with Gasteiger partial charge in [-0.05, 0) is 170 Å². The number of nitrogens with zero attached hydrogens (tertiary/aromatic N) is 16. The van der Waals surface area contributed by atoms with Crippen LogP contribution in [0.2, 0.25) is 0 Å². The van der Waals surface area contributed by atoms with E-state index in [1.807, 2.05) is 97.1 Å². The molecule has 0 N–H and O–H groups in total. The van der Waals surface area contributed by atoms with Crippen LogP contribution < -0.4 is 18.9 Å². The van der Waals surface area contributed by atoms with E-state index in [0.29, 0.717) is 50.1 Å². The van der Waals surface area contributed by atoms with E-state index in [2.05, 4.69) is 65.9 Å². The van der Waals surface area contributed by atoms with Gasteiger partial charge in [0.05, 0.1) is 22.8 Å². The van der Waals surface area contributed by atoms with E-state index in [4.69, 9.17) is 14.2 Å². The first-order valence-corrected chi connectivity index (χ1v) is 28.2. The Kier molecular flexibility index (Phi) is 18.0. The van der Waals surface area contributed by atoms with Crippen molar-refractivity contribution in [3.05, 3.63) is 260 Å². The largest absolute Gasteiger partial charge is 0.457 e. The number of aromatic nitrogens is 16. The Morgan fingerprint density at radius 2 is 0.656 bits per heavy atom. The summed E-state index contributed by atoms with van der Waals surface area (Å²) in [5.74, 6) is -1.93. The molecule has 480 valence electrons. The molecule has 0 unspecified atom stereocenters. The van der Waals surface area contributed by atoms with E-state index < -0.39 is 47.5 Å². The summed E-state index contributed by atoms with van der Waals surface area (Å²) in [5, 5.41) is 45.0. The third kappa shape index (κ3) is 15.4. The number of benzene rings is 7. The number of halogens is 10. The minimum atomic E-state index is -4.78. The van der Waals surface area contributed by atoms with Gasteiger partial charge in [0.2, 0.25) is 0 Å². The van der Waals surface area contributed by atoms with Crippen molar-refractivity contribution in [2.24, 2.45) is 0 Å². The highest BCUT2D eigenvalue weighted by Gasteiger charge is 2.39. The smallest absolute Gasteiger partial charge is 0.453 e. The molecule has 8 heterocycles. The summed E-state index contributed by atoms with van der Waals surface area (Å²) in [7, 11) is 0. The van der Waals surface area contributed by atoms with Crippen LogP contribution in [0, 0.1) is 11.6 Å². The Labute approximate surface area is 533 Å². The molecule has 0 saturated carbocycles. The molecule has 20 nitrogen and oxygen atoms in total. The van der Waals surface area contributed by atoms with Crippen LogP contribution in [0.1, 0.15) is 18.6 Å². The van der Waals surface area contributed by atoms with Crippen molar-refractivity contribution in [1.82, 2.24) is 79.2 Å². The van der Waals surface area contributed by atoms with E-state index in [1.54, 1.807) is 88.2 Å². The van der Waals surface area contributed by atoms with Crippen LogP contribution >= 0.6 is 0 Å². The van der Waals surface area contributed by atoms with Crippen molar-refractivity contribution in [1.29, 1.82) is 0 Å². The van der Waals surface area contributed by atoms with Crippen LogP contribution in [-0.2, 0) is 12.4 Å². The molecule has 0 saturated heterocycles. The van der Waals surface area contributed by atoms with E-state index in [1.165, 1.54) is 48.8 Å². The number of alkyl halides is 8. The minimum absolute atomic E-state index is 0.0325. The Morgan fingerprint density at radius 1 is 0.323 bits per heavy atom. The normalized spacial score (nSPS) is 11.5. The van der Waals surface area contributed by atoms with E-state index in [0.717, 1.165) is 46.1 Å². The molecule has 15 aromatic rings. The summed E-state index contributed by atoms with van der Waals surface area (Å²) in [6.07, 6.45) is -9.52. The van der Waals surface area contributed by atoms with Gasteiger partial charge in [0.25, 0.3) is 11.6 Å². The molecule has 0 aliphatic rings. The standard InChI is InChI=1S/C18H9F5N4O.C18H11F3N4O.C17H12N4O.C13H10F2N4O/c19-12-8-10(9-13(20)16(12)28-11-4-2-1-3-5-11)14-6-7-15-24-25-17(18(21,22)23)27(15)26-14;19-18(20,21)17-23-22-16-11-10-15(24-25(16)17)12-6-8-14(9-7-12)26-13-4-2-1-3-5-13;1-2-4-14(5-3-1)22-15-8-6-13(7-9-15)16-10-11-17-19-18-12-21(17)20-16;1-13(14,15)20-10-4-2-9(3-5-10)11-6-7-12-17-16-8-19(12)18-11/h1-9H;1-11H;1-12H;2-8H,1H3. The van der Waals surface area contributed by atoms with Crippen LogP contribution in [0.3, 0.4) is 0 Å². The Balaban J connectivity index is 0.000000123. The first kappa shape index (κ1) is 63.4. The third-order valence-corrected chi connectivity index (χ3v) is 13.3. The topological polar surface area (TPSA) is 209 Å². The third-order valence-electron chi connectivity index (χ3n) is 13.3. The molecule has 0 radical (unpaired) electrons. The van der Waals surface area contributed by atoms with Crippen LogP contribution in [-0.4, -0.2) is 85.4 Å². The Hall–Kier alpha value is -12.8. The lowest BCUT2D eigenvalue weighted by Gasteiger charge is -2.13. The second-order valence-electron chi connectivity index (χ2n) is 20.2. The monoisotopic (exact) mass is 1310 g/mol. The highest BCUT2D eigenvalue weighted by atomic mass is 19.4. The molecule has 0 fully saturated rings. The van der Waals surface area contributed by atoms with Gasteiger partial charge in [-0.25, -0.2) is 8.78 Å². The lowest BCUT2D eigenvalue weighted by atomic mass is 10.1. The fourth-order valence-electron chi connectivity index (χ4n) is 8.95. The summed E-state index contributed by atoms with van der Waals surface area (Å²) in [6, 6.07) is 62.8. The van der Waals surface area contributed by atoms with Crippen LogP contribution in [0.15, 0.2) is 237 Å². The highest BCUT2D eigenvalue weighted by Crippen LogP contribution is 2.35. The number of ether oxygens (including phenoxy) is 4. The SMILES string of the molecule is CC(F)(F)Oc1ccc(-c2ccc3nncn3n2)cc1.FC(F)(F)c1nnc2ccc(-c3ccc(Oc4ccccc4)cc3)nn12.Fc1cc(-c2ccc3nnc(C(F)(F)F)n3n2)cc(F)c1Oc1ccccc1.c1ccc(Oc2ccc(-c3ccc4nncn4n3)cc2)cc1. The van der Waals surface area contributed by atoms with Gasteiger partial charge in [0.15, 0.2) is 40.0 Å². The molecular formula is C66H42F10N16O4. The highest BCUT2D eigenvalue weighted by molar-refractivity contribution is 5.65. The van der Waals surface area contributed by atoms with E-state index in [9.17, 15) is 43.9 Å². The zero-order valence-corrected chi connectivity index (χ0v) is 49.1. The average Bonchev–Trinajstić information content (AvgIpc) is 1.65. The summed E-state index contributed by atoms with van der Waals surface area (Å²) in [5.41, 5.74) is 5.44. The zero-order valence-electron chi connectivity index (χ0n) is 49.1. The van der Waals surface area contributed by atoms with E-state index in [-0.39, 0.29) is 34.1 Å².